The van der Waals surface area contributed by atoms with Gasteiger partial charge in [0, 0.05) is 24.1 Å². The number of phenolic OH excluding ortho intramolecular Hbond substituents is 3. The molecule has 10 nitrogen and oxygen atoms in total. The van der Waals surface area contributed by atoms with E-state index in [-0.39, 0.29) is 41.8 Å². The first-order chi connectivity index (χ1) is 14.2. The maximum Gasteiger partial charge on any atom is 0.228 e. The number of aliphatic hydroxyl groups excluding tert-OH is 4. The Morgan fingerprint density at radius 1 is 0.833 bits per heavy atom. The highest BCUT2D eigenvalue weighted by atomic mass is 16.7. The molecular weight excluding hydrogens is 400 g/mol. The minimum atomic E-state index is -1.51. The fourth-order valence-electron chi connectivity index (χ4n) is 3.54. The average Bonchev–Trinajstić information content (AvgIpc) is 2.71. The third kappa shape index (κ3) is 3.71. The summed E-state index contributed by atoms with van der Waals surface area (Å²) in [6.45, 7) is -0.241. The highest BCUT2D eigenvalue weighted by molar-refractivity contribution is 5.52. The van der Waals surface area contributed by atoms with E-state index < -0.39 is 36.8 Å². The Labute approximate surface area is 170 Å². The summed E-state index contributed by atoms with van der Waals surface area (Å²) in [5, 5.41) is 69.3. The van der Waals surface area contributed by atoms with Gasteiger partial charge in [-0.15, -0.1) is 0 Å². The van der Waals surface area contributed by atoms with Crippen LogP contribution in [0.1, 0.15) is 17.2 Å². The summed E-state index contributed by atoms with van der Waals surface area (Å²) in [5.74, 6) is -0.602. The van der Waals surface area contributed by atoms with Crippen molar-refractivity contribution in [3.8, 4) is 28.7 Å². The molecule has 1 fully saturated rings. The largest absolute Gasteiger partial charge is 0.507 e. The maximum absolute atomic E-state index is 10.5. The van der Waals surface area contributed by atoms with Crippen LogP contribution in [0.15, 0.2) is 30.3 Å². The Kier molecular flexibility index (Phi) is 5.35. The first kappa shape index (κ1) is 20.5. The molecule has 2 heterocycles. The number of phenols is 3. The summed E-state index contributed by atoms with van der Waals surface area (Å²) in [4.78, 5) is 0. The molecule has 0 saturated carbocycles. The Bertz CT molecular complexity index is 932. The molecule has 2 aromatic rings. The van der Waals surface area contributed by atoms with Crippen LogP contribution >= 0.6 is 0 Å². The predicted octanol–water partition coefficient (Wildman–Crippen LogP) is -0.342. The normalized spacial score (nSPS) is 30.9. The van der Waals surface area contributed by atoms with Crippen LogP contribution in [0.25, 0.3) is 0 Å². The molecule has 30 heavy (non-hydrogen) atoms. The maximum atomic E-state index is 10.5. The van der Waals surface area contributed by atoms with Crippen molar-refractivity contribution in [3.63, 3.8) is 0 Å². The summed E-state index contributed by atoms with van der Waals surface area (Å²) in [6.07, 6.45) is -7.34. The van der Waals surface area contributed by atoms with Gasteiger partial charge in [-0.3, -0.25) is 0 Å². The van der Waals surface area contributed by atoms with Gasteiger partial charge in [0.15, 0.2) is 11.5 Å². The summed E-state index contributed by atoms with van der Waals surface area (Å²) >= 11 is 0. The van der Waals surface area contributed by atoms with Gasteiger partial charge in [-0.05, 0) is 17.7 Å². The van der Waals surface area contributed by atoms with Crippen LogP contribution in [0.4, 0.5) is 0 Å². The number of aliphatic hydroxyl groups is 4. The van der Waals surface area contributed by atoms with Gasteiger partial charge in [-0.2, -0.15) is 0 Å². The zero-order chi connectivity index (χ0) is 21.6. The molecule has 0 bridgehead atoms. The van der Waals surface area contributed by atoms with Gasteiger partial charge in [0.05, 0.1) is 12.7 Å². The van der Waals surface area contributed by atoms with Crippen molar-refractivity contribution in [2.75, 3.05) is 6.61 Å². The number of benzene rings is 2. The van der Waals surface area contributed by atoms with Gasteiger partial charge < -0.3 is 50.0 Å². The molecule has 2 aromatic carbocycles. The van der Waals surface area contributed by atoms with E-state index >= 15 is 0 Å². The van der Waals surface area contributed by atoms with E-state index in [2.05, 4.69) is 0 Å². The Hall–Kier alpha value is -2.76. The second kappa shape index (κ2) is 7.82. The molecule has 10 heteroatoms. The Balaban J connectivity index is 1.58. The quantitative estimate of drug-likeness (QED) is 0.325. The highest BCUT2D eigenvalue weighted by Crippen LogP contribution is 2.43. The Morgan fingerprint density at radius 3 is 2.33 bits per heavy atom. The minimum absolute atomic E-state index is 0.0568. The van der Waals surface area contributed by atoms with Crippen LogP contribution in [-0.2, 0) is 11.2 Å². The number of aromatic hydroxyl groups is 3. The molecular formula is C20H22O10. The molecule has 4 rings (SSSR count). The first-order valence-corrected chi connectivity index (χ1v) is 9.29. The van der Waals surface area contributed by atoms with Crippen LogP contribution in [0, 0.1) is 0 Å². The summed E-state index contributed by atoms with van der Waals surface area (Å²) < 4.78 is 16.5. The first-order valence-electron chi connectivity index (χ1n) is 9.29. The van der Waals surface area contributed by atoms with Crippen molar-refractivity contribution < 1.29 is 50.0 Å². The molecule has 0 aromatic heterocycles. The van der Waals surface area contributed by atoms with E-state index in [0.29, 0.717) is 11.1 Å². The molecule has 1 saturated heterocycles. The van der Waals surface area contributed by atoms with Crippen molar-refractivity contribution in [2.24, 2.45) is 0 Å². The van der Waals surface area contributed by atoms with Crippen molar-refractivity contribution >= 4 is 0 Å². The molecule has 0 spiro atoms. The summed E-state index contributed by atoms with van der Waals surface area (Å²) in [7, 11) is 0. The SMILES string of the molecule is Oc1ccc([C@@H]2Oc3cc(O[C@H]4OC[C@@H](O)[C@@H](O)[C@@H]4O)cc(O)c3C[C@@H]2O)cc1O. The second-order valence-electron chi connectivity index (χ2n) is 7.35. The van der Waals surface area contributed by atoms with Crippen molar-refractivity contribution in [1.29, 1.82) is 0 Å². The number of ether oxygens (including phenoxy) is 3. The van der Waals surface area contributed by atoms with Crippen LogP contribution in [0.3, 0.4) is 0 Å². The predicted molar refractivity (Wildman–Crippen MR) is 99.3 cm³/mol. The minimum Gasteiger partial charge on any atom is -0.507 e. The highest BCUT2D eigenvalue weighted by Gasteiger charge is 2.39. The van der Waals surface area contributed by atoms with E-state index in [1.807, 2.05) is 0 Å². The fourth-order valence-corrected chi connectivity index (χ4v) is 3.54. The van der Waals surface area contributed by atoms with Crippen LogP contribution in [0.5, 0.6) is 28.7 Å². The molecule has 7 N–H and O–H groups in total. The molecule has 0 amide bonds. The topological polar surface area (TPSA) is 169 Å². The molecule has 6 atom stereocenters. The van der Waals surface area contributed by atoms with E-state index in [1.165, 1.54) is 30.3 Å². The third-order valence-electron chi connectivity index (χ3n) is 5.21. The average molecular weight is 422 g/mol. The van der Waals surface area contributed by atoms with E-state index in [1.54, 1.807) is 0 Å². The van der Waals surface area contributed by atoms with Crippen molar-refractivity contribution in [1.82, 2.24) is 0 Å². The number of hydrogen-bond acceptors (Lipinski definition) is 10. The van der Waals surface area contributed by atoms with Crippen LogP contribution < -0.4 is 9.47 Å². The third-order valence-corrected chi connectivity index (χ3v) is 5.21. The van der Waals surface area contributed by atoms with Crippen molar-refractivity contribution in [3.05, 3.63) is 41.5 Å². The standard InChI is InChI=1S/C20H22O10/c21-11-2-1-8(3-13(11)23)19-14(24)6-10-12(22)4-9(5-16(10)30-19)29-20-18(27)17(26)15(25)7-28-20/h1-5,14-15,17-27H,6-7H2/t14-,15+,17+,18-,19-,20+/m0/s1. The molecule has 0 aliphatic carbocycles. The number of fused-ring (bicyclic) bond motifs is 1. The zero-order valence-corrected chi connectivity index (χ0v) is 15.6. The summed E-state index contributed by atoms with van der Waals surface area (Å²) in [5.41, 5.74) is 0.757. The van der Waals surface area contributed by atoms with E-state index in [9.17, 15) is 35.7 Å². The second-order valence-corrected chi connectivity index (χ2v) is 7.35. The zero-order valence-electron chi connectivity index (χ0n) is 15.6. The lowest BCUT2D eigenvalue weighted by molar-refractivity contribution is -0.242. The van der Waals surface area contributed by atoms with E-state index in [0.717, 1.165) is 0 Å². The number of hydrogen-bond donors (Lipinski definition) is 7. The Morgan fingerprint density at radius 2 is 1.60 bits per heavy atom. The molecule has 0 unspecified atom stereocenters. The summed E-state index contributed by atoms with van der Waals surface area (Å²) in [6, 6.07) is 6.73. The van der Waals surface area contributed by atoms with Crippen LogP contribution in [0.2, 0.25) is 0 Å². The smallest absolute Gasteiger partial charge is 0.228 e. The monoisotopic (exact) mass is 422 g/mol. The lowest BCUT2D eigenvalue weighted by Gasteiger charge is -2.35. The molecule has 2 aliphatic heterocycles. The van der Waals surface area contributed by atoms with Gasteiger partial charge in [0.1, 0.15) is 41.7 Å². The van der Waals surface area contributed by atoms with Gasteiger partial charge in [-0.25, -0.2) is 0 Å². The molecule has 162 valence electrons. The molecule has 0 radical (unpaired) electrons. The number of rotatable bonds is 3. The van der Waals surface area contributed by atoms with Gasteiger partial charge in [-0.1, -0.05) is 6.07 Å². The van der Waals surface area contributed by atoms with E-state index in [4.69, 9.17) is 14.2 Å². The van der Waals surface area contributed by atoms with Gasteiger partial charge >= 0.3 is 0 Å². The lowest BCUT2D eigenvalue weighted by Crippen LogP contribution is -2.54. The fraction of sp³-hybridized carbons (Fsp3) is 0.400. The molecule has 2 aliphatic rings. The van der Waals surface area contributed by atoms with Gasteiger partial charge in [0.2, 0.25) is 6.29 Å². The van der Waals surface area contributed by atoms with Gasteiger partial charge in [0.25, 0.3) is 0 Å². The van der Waals surface area contributed by atoms with Crippen LogP contribution in [-0.4, -0.2) is 73.1 Å². The van der Waals surface area contributed by atoms with Crippen molar-refractivity contribution in [2.45, 2.75) is 43.2 Å². The lowest BCUT2D eigenvalue weighted by atomic mass is 9.94.